The summed E-state index contributed by atoms with van der Waals surface area (Å²) in [5, 5.41) is 11.1. The minimum absolute atomic E-state index is 0.000543. The molecular formula is C35H57N5O6. The summed E-state index contributed by atoms with van der Waals surface area (Å²) < 4.78 is 0. The maximum atomic E-state index is 14.3. The van der Waals surface area contributed by atoms with Gasteiger partial charge in [0.25, 0.3) is 5.91 Å². The number of hydrogen-bond donors (Lipinski definition) is 4. The van der Waals surface area contributed by atoms with Crippen molar-refractivity contribution < 1.29 is 28.8 Å². The molecule has 3 aliphatic rings. The van der Waals surface area contributed by atoms with Crippen LogP contribution < -0.4 is 21.3 Å². The molecule has 5 atom stereocenters. The van der Waals surface area contributed by atoms with Crippen LogP contribution in [-0.4, -0.2) is 77.5 Å². The zero-order valence-corrected chi connectivity index (χ0v) is 28.8. The highest BCUT2D eigenvalue weighted by Gasteiger charge is 2.48. The molecule has 1 saturated heterocycles. The average molecular weight is 644 g/mol. The first kappa shape index (κ1) is 37.2. The molecule has 1 aliphatic heterocycles. The van der Waals surface area contributed by atoms with Gasteiger partial charge in [-0.05, 0) is 61.7 Å². The summed E-state index contributed by atoms with van der Waals surface area (Å²) in [7, 11) is 0. The smallest absolute Gasteiger partial charge is 0.316 e. The topological polar surface area (TPSA) is 154 Å². The van der Waals surface area contributed by atoms with Gasteiger partial charge in [-0.1, -0.05) is 73.3 Å². The zero-order valence-electron chi connectivity index (χ0n) is 28.8. The van der Waals surface area contributed by atoms with E-state index in [0.717, 1.165) is 44.9 Å². The predicted molar refractivity (Wildman–Crippen MR) is 177 cm³/mol. The van der Waals surface area contributed by atoms with E-state index < -0.39 is 59.1 Å². The fourth-order valence-corrected chi connectivity index (χ4v) is 6.96. The molecule has 3 fully saturated rings. The third-order valence-electron chi connectivity index (χ3n) is 9.78. The SMILES string of the molecule is C=CCNC(=O)C(=O)C(CCC)NC(=O)[C@@H]1[C@@H](C(C)C)CCN1C(=O)[C@@H](NC(=O)N[C@H](C(=O)C1CC1)C1CCCCC1)C(C)(C)C. The Kier molecular flexibility index (Phi) is 13.4. The van der Waals surface area contributed by atoms with Gasteiger partial charge in [-0.2, -0.15) is 0 Å². The van der Waals surface area contributed by atoms with Crippen molar-refractivity contribution in [2.45, 2.75) is 130 Å². The standard InChI is InChI=1S/C35H57N5O6/c1-8-13-25(29(42)32(44)36-19-9-2)37-31(43)27-24(21(3)4)18-20-40(27)33(45)30(35(5,6)7)39-34(46)38-26(28(41)23-16-17-23)22-14-11-10-12-15-22/h9,21-27,30H,2,8,10-20H2,1,3-7H3,(H,36,44)(H,37,43)(H2,38,39,46)/t24-,25?,26+,27+,30-/m1/s1. The first-order valence-corrected chi connectivity index (χ1v) is 17.4. The molecular weight excluding hydrogens is 586 g/mol. The highest BCUT2D eigenvalue weighted by atomic mass is 16.2. The van der Waals surface area contributed by atoms with Crippen molar-refractivity contribution in [2.24, 2.45) is 29.1 Å². The first-order valence-electron chi connectivity index (χ1n) is 17.4. The Morgan fingerprint density at radius 1 is 0.913 bits per heavy atom. The Morgan fingerprint density at radius 3 is 2.11 bits per heavy atom. The summed E-state index contributed by atoms with van der Waals surface area (Å²) in [6.45, 7) is 15.4. The second-order valence-electron chi connectivity index (χ2n) is 14.9. The molecule has 258 valence electrons. The highest BCUT2D eigenvalue weighted by molar-refractivity contribution is 6.38. The lowest BCUT2D eigenvalue weighted by atomic mass is 9.81. The molecule has 0 spiro atoms. The van der Waals surface area contributed by atoms with Crippen LogP contribution in [0, 0.1) is 29.1 Å². The number of Topliss-reactive ketones (excluding diaryl/α,β-unsaturated/α-hetero) is 2. The van der Waals surface area contributed by atoms with Gasteiger partial charge in [0.2, 0.25) is 17.6 Å². The molecule has 0 bridgehead atoms. The van der Waals surface area contributed by atoms with Crippen LogP contribution in [0.25, 0.3) is 0 Å². The minimum Gasteiger partial charge on any atom is -0.346 e. The predicted octanol–water partition coefficient (Wildman–Crippen LogP) is 3.66. The number of nitrogens with one attached hydrogen (secondary N) is 4. The molecule has 0 aromatic heterocycles. The van der Waals surface area contributed by atoms with Crippen molar-refractivity contribution >= 4 is 35.3 Å². The van der Waals surface area contributed by atoms with Gasteiger partial charge in [-0.15, -0.1) is 6.58 Å². The van der Waals surface area contributed by atoms with E-state index in [9.17, 15) is 28.8 Å². The number of carbonyl (C=O) groups is 6. The molecule has 5 amide bonds. The van der Waals surface area contributed by atoms with Crippen molar-refractivity contribution in [3.63, 3.8) is 0 Å². The Hall–Kier alpha value is -3.24. The zero-order chi connectivity index (χ0) is 34.2. The summed E-state index contributed by atoms with van der Waals surface area (Å²) in [4.78, 5) is 81.9. The maximum absolute atomic E-state index is 14.3. The van der Waals surface area contributed by atoms with Gasteiger partial charge in [0, 0.05) is 19.0 Å². The summed E-state index contributed by atoms with van der Waals surface area (Å²) in [6.07, 6.45) is 9.57. The summed E-state index contributed by atoms with van der Waals surface area (Å²) in [5.74, 6) is -2.37. The lowest BCUT2D eigenvalue weighted by Crippen LogP contribution is -2.62. The van der Waals surface area contributed by atoms with Crippen LogP contribution in [0.15, 0.2) is 12.7 Å². The summed E-state index contributed by atoms with van der Waals surface area (Å²) in [5.41, 5.74) is -0.712. The number of nitrogens with zero attached hydrogens (tertiary/aromatic N) is 1. The second-order valence-corrected chi connectivity index (χ2v) is 14.9. The fourth-order valence-electron chi connectivity index (χ4n) is 6.96. The molecule has 0 aromatic carbocycles. The average Bonchev–Trinajstić information content (AvgIpc) is 3.77. The lowest BCUT2D eigenvalue weighted by Gasteiger charge is -2.37. The minimum atomic E-state index is -1.03. The maximum Gasteiger partial charge on any atom is 0.316 e. The molecule has 2 saturated carbocycles. The molecule has 2 aliphatic carbocycles. The Balaban J connectivity index is 1.81. The molecule has 3 rings (SSSR count). The molecule has 11 heteroatoms. The number of urea groups is 1. The third kappa shape index (κ3) is 9.64. The van der Waals surface area contributed by atoms with Crippen LogP contribution >= 0.6 is 0 Å². The van der Waals surface area contributed by atoms with E-state index in [1.807, 2.05) is 41.5 Å². The largest absolute Gasteiger partial charge is 0.346 e. The number of carbonyl (C=O) groups excluding carboxylic acids is 6. The number of ketones is 2. The van der Waals surface area contributed by atoms with Gasteiger partial charge in [0.05, 0.1) is 12.1 Å². The van der Waals surface area contributed by atoms with E-state index in [4.69, 9.17) is 0 Å². The van der Waals surface area contributed by atoms with Gasteiger partial charge >= 0.3 is 6.03 Å². The van der Waals surface area contributed by atoms with E-state index in [1.165, 1.54) is 11.0 Å². The molecule has 1 heterocycles. The van der Waals surface area contributed by atoms with Crippen molar-refractivity contribution in [1.82, 2.24) is 26.2 Å². The molecule has 0 aromatic rings. The number of rotatable bonds is 15. The Bertz CT molecular complexity index is 1140. The number of likely N-dealkylation sites (tertiary alicyclic amines) is 1. The molecule has 46 heavy (non-hydrogen) atoms. The van der Waals surface area contributed by atoms with Crippen LogP contribution in [0.5, 0.6) is 0 Å². The van der Waals surface area contributed by atoms with Gasteiger partial charge in [-0.3, -0.25) is 24.0 Å². The molecule has 1 unspecified atom stereocenters. The quantitative estimate of drug-likeness (QED) is 0.158. The van der Waals surface area contributed by atoms with E-state index >= 15 is 0 Å². The van der Waals surface area contributed by atoms with Gasteiger partial charge < -0.3 is 26.2 Å². The van der Waals surface area contributed by atoms with E-state index in [-0.39, 0.29) is 42.4 Å². The van der Waals surface area contributed by atoms with Crippen LogP contribution in [-0.2, 0) is 24.0 Å². The van der Waals surface area contributed by atoms with Gasteiger partial charge in [-0.25, -0.2) is 4.79 Å². The Labute approximate surface area is 274 Å². The van der Waals surface area contributed by atoms with E-state index in [1.54, 1.807) is 0 Å². The number of hydrogen-bond acceptors (Lipinski definition) is 6. The lowest BCUT2D eigenvalue weighted by molar-refractivity contribution is -0.144. The molecule has 0 radical (unpaired) electrons. The van der Waals surface area contributed by atoms with Crippen LogP contribution in [0.2, 0.25) is 0 Å². The van der Waals surface area contributed by atoms with Gasteiger partial charge in [0.1, 0.15) is 12.1 Å². The molecule has 4 N–H and O–H groups in total. The molecule has 11 nitrogen and oxygen atoms in total. The monoisotopic (exact) mass is 643 g/mol. The van der Waals surface area contributed by atoms with Crippen LogP contribution in [0.3, 0.4) is 0 Å². The van der Waals surface area contributed by atoms with Crippen LogP contribution in [0.1, 0.15) is 106 Å². The van der Waals surface area contributed by atoms with Crippen molar-refractivity contribution in [3.05, 3.63) is 12.7 Å². The van der Waals surface area contributed by atoms with E-state index in [2.05, 4.69) is 27.8 Å². The van der Waals surface area contributed by atoms with E-state index in [0.29, 0.717) is 19.4 Å². The normalized spacial score (nSPS) is 22.4. The van der Waals surface area contributed by atoms with Gasteiger partial charge in [0.15, 0.2) is 5.78 Å². The van der Waals surface area contributed by atoms with Crippen LogP contribution in [0.4, 0.5) is 4.79 Å². The fraction of sp³-hybridized carbons (Fsp3) is 0.771. The van der Waals surface area contributed by atoms with Crippen molar-refractivity contribution in [1.29, 1.82) is 0 Å². The first-order chi connectivity index (χ1) is 21.7. The Morgan fingerprint density at radius 2 is 1.57 bits per heavy atom. The second kappa shape index (κ2) is 16.5. The highest BCUT2D eigenvalue weighted by Crippen LogP contribution is 2.36. The van der Waals surface area contributed by atoms with Crippen molar-refractivity contribution in [3.8, 4) is 0 Å². The summed E-state index contributed by atoms with van der Waals surface area (Å²) >= 11 is 0. The third-order valence-corrected chi connectivity index (χ3v) is 9.78. The summed E-state index contributed by atoms with van der Waals surface area (Å²) in [6, 6.07) is -4.02. The van der Waals surface area contributed by atoms with Crippen molar-refractivity contribution in [2.75, 3.05) is 13.1 Å². The number of amides is 5.